The topological polar surface area (TPSA) is 26.0 Å². The van der Waals surface area contributed by atoms with Crippen LogP contribution in [0.4, 0.5) is 0 Å². The first kappa shape index (κ1) is 6.80. The summed E-state index contributed by atoms with van der Waals surface area (Å²) in [6, 6.07) is 0. The van der Waals surface area contributed by atoms with Crippen molar-refractivity contribution in [2.45, 2.75) is 0 Å². The maximum absolute atomic E-state index is 5.68. The molecular weight excluding hydrogens is 154 g/mol. The number of allylic oxidation sites excluding steroid dienone is 5. The van der Waals surface area contributed by atoms with E-state index in [0.717, 1.165) is 11.4 Å². The highest BCUT2D eigenvalue weighted by Crippen LogP contribution is 2.33. The largest absolute Gasteiger partial charge is 0.399 e. The lowest BCUT2D eigenvalue weighted by atomic mass is 10.2. The van der Waals surface area contributed by atoms with Crippen LogP contribution in [0.25, 0.3) is 0 Å². The zero-order chi connectivity index (χ0) is 7.68. The van der Waals surface area contributed by atoms with Crippen molar-refractivity contribution in [1.82, 2.24) is 0 Å². The van der Waals surface area contributed by atoms with Gasteiger partial charge in [0.2, 0.25) is 0 Å². The summed E-state index contributed by atoms with van der Waals surface area (Å²) in [5.74, 6) is 1.08. The van der Waals surface area contributed by atoms with Crippen LogP contribution in [0.15, 0.2) is 46.6 Å². The maximum Gasteiger partial charge on any atom is 0.0325 e. The molecule has 2 aliphatic rings. The maximum atomic E-state index is 5.68. The molecule has 0 bridgehead atoms. The Kier molecular flexibility index (Phi) is 1.62. The molecule has 1 aliphatic heterocycles. The zero-order valence-electron chi connectivity index (χ0n) is 6.08. The average Bonchev–Trinajstić information content (AvgIpc) is 2.31. The van der Waals surface area contributed by atoms with Crippen molar-refractivity contribution in [3.63, 3.8) is 0 Å². The predicted octanol–water partition coefficient (Wildman–Crippen LogP) is 1.96. The lowest BCUT2D eigenvalue weighted by Crippen LogP contribution is -1.91. The lowest BCUT2D eigenvalue weighted by Gasteiger charge is -1.96. The Labute approximate surface area is 70.4 Å². The molecule has 0 amide bonds. The van der Waals surface area contributed by atoms with Crippen LogP contribution in [-0.2, 0) is 0 Å². The third-order valence-electron chi connectivity index (χ3n) is 1.69. The Morgan fingerprint density at radius 1 is 1.45 bits per heavy atom. The van der Waals surface area contributed by atoms with E-state index in [0.29, 0.717) is 0 Å². The van der Waals surface area contributed by atoms with E-state index < -0.39 is 0 Å². The second-order valence-electron chi connectivity index (χ2n) is 2.50. The van der Waals surface area contributed by atoms with Crippen molar-refractivity contribution in [3.8, 4) is 0 Å². The third-order valence-corrected chi connectivity index (χ3v) is 2.69. The molecule has 0 aromatic heterocycles. The quantitative estimate of drug-likeness (QED) is 0.590. The summed E-state index contributed by atoms with van der Waals surface area (Å²) in [6.45, 7) is 0. The van der Waals surface area contributed by atoms with Crippen molar-refractivity contribution >= 4 is 11.8 Å². The fourth-order valence-electron chi connectivity index (χ4n) is 1.14. The van der Waals surface area contributed by atoms with Crippen LogP contribution >= 0.6 is 11.8 Å². The van der Waals surface area contributed by atoms with E-state index in [1.165, 1.54) is 10.5 Å². The van der Waals surface area contributed by atoms with Gasteiger partial charge in [-0.25, -0.2) is 0 Å². The second kappa shape index (κ2) is 2.62. The van der Waals surface area contributed by atoms with Crippen LogP contribution in [0, 0.1) is 0 Å². The molecule has 0 atom stereocenters. The molecule has 2 rings (SSSR count). The highest BCUT2D eigenvalue weighted by Gasteiger charge is 2.10. The minimum absolute atomic E-state index is 0.842. The Hall–Kier alpha value is -0.890. The monoisotopic (exact) mass is 163 g/mol. The molecule has 0 saturated heterocycles. The van der Waals surface area contributed by atoms with Gasteiger partial charge in [0, 0.05) is 16.4 Å². The molecule has 0 saturated carbocycles. The fourth-order valence-corrected chi connectivity index (χ4v) is 2.12. The van der Waals surface area contributed by atoms with Gasteiger partial charge in [0.25, 0.3) is 0 Å². The van der Waals surface area contributed by atoms with Crippen LogP contribution in [0.1, 0.15) is 0 Å². The Morgan fingerprint density at radius 2 is 2.36 bits per heavy atom. The van der Waals surface area contributed by atoms with Gasteiger partial charge in [-0.3, -0.25) is 0 Å². The summed E-state index contributed by atoms with van der Waals surface area (Å²) in [6.07, 6.45) is 10.3. The van der Waals surface area contributed by atoms with Gasteiger partial charge in [0.05, 0.1) is 0 Å². The molecule has 0 radical (unpaired) electrons. The van der Waals surface area contributed by atoms with Gasteiger partial charge in [0.15, 0.2) is 0 Å². The molecule has 0 unspecified atom stereocenters. The number of hydrogen-bond donors (Lipinski definition) is 1. The van der Waals surface area contributed by atoms with Crippen LogP contribution in [0.3, 0.4) is 0 Å². The standard InChI is InChI=1S/C9H9NS/c10-8-3-1-2-7-4-5-11-9(7)6-8/h1-4,6H,5,10H2. The van der Waals surface area contributed by atoms with Gasteiger partial charge in [-0.05, 0) is 17.7 Å². The van der Waals surface area contributed by atoms with E-state index in [1.807, 2.05) is 30.0 Å². The molecule has 0 aromatic carbocycles. The first-order chi connectivity index (χ1) is 5.36. The van der Waals surface area contributed by atoms with Crippen LogP contribution < -0.4 is 5.73 Å². The first-order valence-corrected chi connectivity index (χ1v) is 4.54. The molecule has 1 aliphatic carbocycles. The molecule has 11 heavy (non-hydrogen) atoms. The van der Waals surface area contributed by atoms with Crippen molar-refractivity contribution in [1.29, 1.82) is 0 Å². The molecule has 2 heteroatoms. The van der Waals surface area contributed by atoms with Gasteiger partial charge >= 0.3 is 0 Å². The number of fused-ring (bicyclic) bond motifs is 1. The summed E-state index contributed by atoms with van der Waals surface area (Å²) in [7, 11) is 0. The van der Waals surface area contributed by atoms with E-state index in [2.05, 4.69) is 12.2 Å². The normalized spacial score (nSPS) is 21.6. The Bertz CT molecular complexity index is 295. The van der Waals surface area contributed by atoms with Crippen molar-refractivity contribution in [3.05, 3.63) is 46.6 Å². The number of nitrogens with two attached hydrogens (primary N) is 1. The third kappa shape index (κ3) is 1.26. The molecule has 56 valence electrons. The molecule has 1 heterocycles. The van der Waals surface area contributed by atoms with E-state index in [4.69, 9.17) is 5.73 Å². The highest BCUT2D eigenvalue weighted by atomic mass is 32.2. The van der Waals surface area contributed by atoms with Crippen molar-refractivity contribution in [2.75, 3.05) is 5.75 Å². The van der Waals surface area contributed by atoms with Gasteiger partial charge < -0.3 is 5.73 Å². The van der Waals surface area contributed by atoms with E-state index in [9.17, 15) is 0 Å². The number of rotatable bonds is 0. The van der Waals surface area contributed by atoms with E-state index in [1.54, 1.807) is 0 Å². The predicted molar refractivity (Wildman–Crippen MR) is 50.0 cm³/mol. The first-order valence-electron chi connectivity index (χ1n) is 3.55. The van der Waals surface area contributed by atoms with Crippen LogP contribution in [0.2, 0.25) is 0 Å². The van der Waals surface area contributed by atoms with Crippen molar-refractivity contribution in [2.24, 2.45) is 5.73 Å². The smallest absolute Gasteiger partial charge is 0.0325 e. The molecule has 0 fully saturated rings. The Morgan fingerprint density at radius 3 is 3.27 bits per heavy atom. The molecule has 2 N–H and O–H groups in total. The van der Waals surface area contributed by atoms with E-state index in [-0.39, 0.29) is 0 Å². The Balaban J connectivity index is 2.43. The molecule has 1 nitrogen and oxygen atoms in total. The summed E-state index contributed by atoms with van der Waals surface area (Å²) in [4.78, 5) is 1.30. The fraction of sp³-hybridized carbons (Fsp3) is 0.111. The zero-order valence-corrected chi connectivity index (χ0v) is 6.90. The molecule has 0 aromatic rings. The summed E-state index contributed by atoms with van der Waals surface area (Å²) < 4.78 is 0. The van der Waals surface area contributed by atoms with Gasteiger partial charge in [0.1, 0.15) is 0 Å². The van der Waals surface area contributed by atoms with Gasteiger partial charge in [-0.1, -0.05) is 18.2 Å². The highest BCUT2D eigenvalue weighted by molar-refractivity contribution is 8.03. The molecule has 0 spiro atoms. The summed E-state index contributed by atoms with van der Waals surface area (Å²) in [5, 5.41) is 0. The van der Waals surface area contributed by atoms with E-state index >= 15 is 0 Å². The van der Waals surface area contributed by atoms with Crippen LogP contribution in [-0.4, -0.2) is 5.75 Å². The SMILES string of the molecule is NC1=CC=CC2=CCSC2=C1. The van der Waals surface area contributed by atoms with Gasteiger partial charge in [-0.2, -0.15) is 0 Å². The summed E-state index contributed by atoms with van der Waals surface area (Å²) in [5.41, 5.74) is 7.84. The minimum Gasteiger partial charge on any atom is -0.399 e. The molecular formula is C9H9NS. The number of thioether (sulfide) groups is 1. The van der Waals surface area contributed by atoms with Crippen molar-refractivity contribution < 1.29 is 0 Å². The minimum atomic E-state index is 0.842. The second-order valence-corrected chi connectivity index (χ2v) is 3.57. The van der Waals surface area contributed by atoms with Crippen LogP contribution in [0.5, 0.6) is 0 Å². The number of hydrogen-bond acceptors (Lipinski definition) is 2. The van der Waals surface area contributed by atoms with Gasteiger partial charge in [-0.15, -0.1) is 11.8 Å². The summed E-state index contributed by atoms with van der Waals surface area (Å²) >= 11 is 1.84. The average molecular weight is 163 g/mol. The lowest BCUT2D eigenvalue weighted by molar-refractivity contribution is 1.43.